The Kier molecular flexibility index (Phi) is 7.04. The summed E-state index contributed by atoms with van der Waals surface area (Å²) in [6.07, 6.45) is 21.9. The van der Waals surface area contributed by atoms with Gasteiger partial charge in [-0.3, -0.25) is 0 Å². The summed E-state index contributed by atoms with van der Waals surface area (Å²) in [6.45, 7) is 0. The summed E-state index contributed by atoms with van der Waals surface area (Å²) in [5.41, 5.74) is 2.32. The number of rotatable bonds is 6. The van der Waals surface area contributed by atoms with Crippen molar-refractivity contribution in [3.63, 3.8) is 0 Å². The topological polar surface area (TPSA) is 52.6 Å². The average molecular weight is 499 g/mol. The van der Waals surface area contributed by atoms with Crippen molar-refractivity contribution in [2.45, 2.75) is 9.79 Å². The lowest BCUT2D eigenvalue weighted by Crippen LogP contribution is -2.02. The molecule has 37 heavy (non-hydrogen) atoms. The van der Waals surface area contributed by atoms with E-state index in [9.17, 15) is 8.42 Å². The molecule has 0 aliphatic carbocycles. The second kappa shape index (κ2) is 10.5. The Hall–Kier alpha value is -5.33. The van der Waals surface area contributed by atoms with E-state index in [1.807, 2.05) is 0 Å². The molecule has 0 unspecified atom stereocenters. The molecular formula is C32H18O4S. The molecule has 0 aromatic heterocycles. The zero-order valence-corrected chi connectivity index (χ0v) is 20.3. The van der Waals surface area contributed by atoms with E-state index in [1.165, 1.54) is 24.3 Å². The Morgan fingerprint density at radius 2 is 0.757 bits per heavy atom. The molecule has 0 spiro atoms. The largest absolute Gasteiger partial charge is 0.457 e. The third-order valence-corrected chi connectivity index (χ3v) is 7.00. The molecule has 0 saturated heterocycles. The second-order valence-corrected chi connectivity index (χ2v) is 9.67. The van der Waals surface area contributed by atoms with Crippen LogP contribution in [0.25, 0.3) is 0 Å². The first-order chi connectivity index (χ1) is 17.8. The molecule has 0 amide bonds. The molecule has 0 radical (unpaired) electrons. The number of sulfone groups is 1. The smallest absolute Gasteiger partial charge is 0.206 e. The standard InChI is InChI=1S/C32H18O4S/c1-5-23-17-24(6-2)20-29(19-23)35-27-9-13-31(14-10-27)37(33,34)32-15-11-28(12-16-32)36-30-21-25(7-3)18-26(8-4)22-30/h1-4,9-22H. The molecule has 4 aromatic carbocycles. The highest BCUT2D eigenvalue weighted by molar-refractivity contribution is 7.91. The lowest BCUT2D eigenvalue weighted by Gasteiger charge is -2.10. The maximum absolute atomic E-state index is 13.1. The van der Waals surface area contributed by atoms with Crippen molar-refractivity contribution in [2.75, 3.05) is 0 Å². The van der Waals surface area contributed by atoms with E-state index < -0.39 is 9.84 Å². The van der Waals surface area contributed by atoms with Crippen LogP contribution in [0.1, 0.15) is 22.3 Å². The monoisotopic (exact) mass is 498 g/mol. The molecule has 4 nitrogen and oxygen atoms in total. The van der Waals surface area contributed by atoms with Crippen LogP contribution in [0.5, 0.6) is 23.0 Å². The van der Waals surface area contributed by atoms with E-state index in [1.54, 1.807) is 60.7 Å². The lowest BCUT2D eigenvalue weighted by atomic mass is 10.1. The molecule has 0 aliphatic rings. The van der Waals surface area contributed by atoms with Crippen LogP contribution in [-0.2, 0) is 9.84 Å². The highest BCUT2D eigenvalue weighted by atomic mass is 32.2. The van der Waals surface area contributed by atoms with Crippen LogP contribution in [0, 0.1) is 49.4 Å². The molecular weight excluding hydrogens is 480 g/mol. The van der Waals surface area contributed by atoms with Crippen molar-refractivity contribution >= 4 is 9.84 Å². The SMILES string of the molecule is C#Cc1cc(C#C)cc(Oc2ccc(S(=O)(=O)c3ccc(Oc4cc(C#C)cc(C#C)c4)cc3)cc2)c1. The van der Waals surface area contributed by atoms with Gasteiger partial charge in [-0.25, -0.2) is 8.42 Å². The fourth-order valence-corrected chi connectivity index (χ4v) is 4.69. The van der Waals surface area contributed by atoms with Gasteiger partial charge in [0, 0.05) is 22.3 Å². The van der Waals surface area contributed by atoms with Crippen molar-refractivity contribution in [2.24, 2.45) is 0 Å². The third kappa shape index (κ3) is 5.67. The second-order valence-electron chi connectivity index (χ2n) is 7.72. The van der Waals surface area contributed by atoms with Crippen molar-refractivity contribution in [3.8, 4) is 72.4 Å². The maximum atomic E-state index is 13.1. The minimum atomic E-state index is -3.78. The van der Waals surface area contributed by atoms with E-state index in [4.69, 9.17) is 35.2 Å². The summed E-state index contributed by atoms with van der Waals surface area (Å²) < 4.78 is 37.9. The number of terminal acetylenes is 4. The van der Waals surface area contributed by atoms with Gasteiger partial charge in [0.1, 0.15) is 23.0 Å². The molecule has 176 valence electrons. The van der Waals surface area contributed by atoms with Crippen molar-refractivity contribution < 1.29 is 17.9 Å². The van der Waals surface area contributed by atoms with Gasteiger partial charge >= 0.3 is 0 Å². The normalized spacial score (nSPS) is 10.3. The fraction of sp³-hybridized carbons (Fsp3) is 0. The molecule has 0 heterocycles. The summed E-state index contributed by atoms with van der Waals surface area (Å²) in [5.74, 6) is 11.9. The van der Waals surface area contributed by atoms with E-state index in [0.717, 1.165) is 0 Å². The molecule has 4 rings (SSSR count). The highest BCUT2D eigenvalue weighted by Gasteiger charge is 2.18. The molecule has 0 atom stereocenters. The molecule has 4 aromatic rings. The molecule has 0 fully saturated rings. The van der Waals surface area contributed by atoms with Crippen LogP contribution in [0.3, 0.4) is 0 Å². The summed E-state index contributed by atoms with van der Waals surface area (Å²) >= 11 is 0. The van der Waals surface area contributed by atoms with Crippen LogP contribution in [0.2, 0.25) is 0 Å². The summed E-state index contributed by atoms with van der Waals surface area (Å²) in [7, 11) is -3.78. The minimum absolute atomic E-state index is 0.107. The Balaban J connectivity index is 1.52. The Labute approximate surface area is 216 Å². The number of benzene rings is 4. The van der Waals surface area contributed by atoms with Crippen molar-refractivity contribution in [3.05, 3.63) is 107 Å². The van der Waals surface area contributed by atoms with Gasteiger partial charge in [0.2, 0.25) is 9.84 Å². The third-order valence-electron chi connectivity index (χ3n) is 5.22. The van der Waals surface area contributed by atoms with E-state index >= 15 is 0 Å². The van der Waals surface area contributed by atoms with Gasteiger partial charge in [0.25, 0.3) is 0 Å². The van der Waals surface area contributed by atoms with Gasteiger partial charge in [0.15, 0.2) is 0 Å². The van der Waals surface area contributed by atoms with E-state index in [2.05, 4.69) is 23.7 Å². The van der Waals surface area contributed by atoms with Gasteiger partial charge in [-0.15, -0.1) is 25.7 Å². The van der Waals surface area contributed by atoms with Crippen molar-refractivity contribution in [1.82, 2.24) is 0 Å². The Bertz CT molecular complexity index is 1560. The quantitative estimate of drug-likeness (QED) is 0.305. The first-order valence-corrected chi connectivity index (χ1v) is 12.3. The zero-order valence-electron chi connectivity index (χ0n) is 19.4. The van der Waals surface area contributed by atoms with Gasteiger partial charge in [-0.2, -0.15) is 0 Å². The molecule has 0 N–H and O–H groups in total. The zero-order chi connectivity index (χ0) is 26.4. The van der Waals surface area contributed by atoms with E-state index in [-0.39, 0.29) is 9.79 Å². The number of hydrogen-bond donors (Lipinski definition) is 0. The van der Waals surface area contributed by atoms with Crippen LogP contribution >= 0.6 is 0 Å². The van der Waals surface area contributed by atoms with Crippen LogP contribution in [0.15, 0.2) is 94.7 Å². The van der Waals surface area contributed by atoms with Crippen LogP contribution < -0.4 is 9.47 Å². The first kappa shape index (κ1) is 24.8. The predicted molar refractivity (Wildman–Crippen MR) is 143 cm³/mol. The maximum Gasteiger partial charge on any atom is 0.206 e. The van der Waals surface area contributed by atoms with Gasteiger partial charge in [0.05, 0.1) is 9.79 Å². The van der Waals surface area contributed by atoms with Crippen LogP contribution in [-0.4, -0.2) is 8.42 Å². The molecule has 0 aliphatic heterocycles. The minimum Gasteiger partial charge on any atom is -0.457 e. The summed E-state index contributed by atoms with van der Waals surface area (Å²) in [5, 5.41) is 0. The average Bonchev–Trinajstić information content (AvgIpc) is 2.93. The van der Waals surface area contributed by atoms with E-state index in [0.29, 0.717) is 45.3 Å². The van der Waals surface area contributed by atoms with Crippen molar-refractivity contribution in [1.29, 1.82) is 0 Å². The highest BCUT2D eigenvalue weighted by Crippen LogP contribution is 2.29. The van der Waals surface area contributed by atoms with Gasteiger partial charge < -0.3 is 9.47 Å². The molecule has 5 heteroatoms. The lowest BCUT2D eigenvalue weighted by molar-refractivity contribution is 0.482. The fourth-order valence-electron chi connectivity index (χ4n) is 3.43. The predicted octanol–water partition coefficient (Wildman–Crippen LogP) is 6.03. The number of hydrogen-bond acceptors (Lipinski definition) is 4. The summed E-state index contributed by atoms with van der Waals surface area (Å²) in [6, 6.07) is 22.2. The Morgan fingerprint density at radius 3 is 1.03 bits per heavy atom. The van der Waals surface area contributed by atoms with Gasteiger partial charge in [-0.05, 0) is 84.9 Å². The summed E-state index contributed by atoms with van der Waals surface area (Å²) in [4.78, 5) is 0.214. The number of ether oxygens (including phenoxy) is 2. The first-order valence-electron chi connectivity index (χ1n) is 10.8. The Morgan fingerprint density at radius 1 is 0.459 bits per heavy atom. The van der Waals surface area contributed by atoms with Crippen LogP contribution in [0.4, 0.5) is 0 Å². The molecule has 0 saturated carbocycles. The molecule has 0 bridgehead atoms. The van der Waals surface area contributed by atoms with Gasteiger partial charge in [-0.1, -0.05) is 23.7 Å².